The summed E-state index contributed by atoms with van der Waals surface area (Å²) in [5.74, 6) is 0.614. The molecule has 0 aromatic heterocycles. The molecule has 1 heterocycles. The molecule has 72 valence electrons. The van der Waals surface area contributed by atoms with Gasteiger partial charge in [0.05, 0.1) is 0 Å². The quantitative estimate of drug-likeness (QED) is 0.622. The van der Waals surface area contributed by atoms with Gasteiger partial charge in [0.15, 0.2) is 0 Å². The van der Waals surface area contributed by atoms with Crippen molar-refractivity contribution in [3.8, 4) is 0 Å². The zero-order valence-corrected chi connectivity index (χ0v) is 8.88. The first kappa shape index (κ1) is 10.1. The molecule has 0 spiro atoms. The molecule has 0 N–H and O–H groups in total. The van der Waals surface area contributed by atoms with E-state index >= 15 is 0 Å². The van der Waals surface area contributed by atoms with Gasteiger partial charge in [-0.25, -0.2) is 0 Å². The van der Waals surface area contributed by atoms with Crippen molar-refractivity contribution in [1.29, 1.82) is 0 Å². The molecule has 0 fully saturated rings. The smallest absolute Gasteiger partial charge is 0.0151 e. The fourth-order valence-corrected chi connectivity index (χ4v) is 1.18. The molecule has 0 saturated carbocycles. The molecule has 0 aromatic carbocycles. The summed E-state index contributed by atoms with van der Waals surface area (Å²) in [5.41, 5.74) is 2.59. The Labute approximate surface area is 81.4 Å². The molecule has 1 rings (SSSR count). The molecular weight excluding hydrogens is 158 g/mol. The molecule has 13 heavy (non-hydrogen) atoms. The Morgan fingerprint density at radius 3 is 2.85 bits per heavy atom. The summed E-state index contributed by atoms with van der Waals surface area (Å²) < 4.78 is 0. The summed E-state index contributed by atoms with van der Waals surface area (Å²) in [4.78, 5) is 2.14. The van der Waals surface area contributed by atoms with Crippen LogP contribution in [0.15, 0.2) is 36.3 Å². The van der Waals surface area contributed by atoms with E-state index < -0.39 is 0 Å². The minimum atomic E-state index is 0.614. The second-order valence-electron chi connectivity index (χ2n) is 3.92. The first-order valence-electron chi connectivity index (χ1n) is 4.92. The molecule has 0 unspecified atom stereocenters. The van der Waals surface area contributed by atoms with Gasteiger partial charge in [-0.2, -0.15) is 0 Å². The summed E-state index contributed by atoms with van der Waals surface area (Å²) >= 11 is 0. The van der Waals surface area contributed by atoms with E-state index in [1.165, 1.54) is 11.3 Å². The van der Waals surface area contributed by atoms with Gasteiger partial charge in [0.2, 0.25) is 0 Å². The lowest BCUT2D eigenvalue weighted by atomic mass is 10.1. The van der Waals surface area contributed by atoms with Crippen molar-refractivity contribution in [3.63, 3.8) is 0 Å². The summed E-state index contributed by atoms with van der Waals surface area (Å²) in [5, 5.41) is 0. The highest BCUT2D eigenvalue weighted by Gasteiger charge is 2.06. The Balaban J connectivity index is 2.71. The van der Waals surface area contributed by atoms with Crippen LogP contribution in [0.1, 0.15) is 33.6 Å². The van der Waals surface area contributed by atoms with Gasteiger partial charge in [-0.1, -0.05) is 32.1 Å². The molecule has 0 aromatic rings. The topological polar surface area (TPSA) is 3.24 Å². The maximum Gasteiger partial charge on any atom is 0.0151 e. The lowest BCUT2D eigenvalue weighted by molar-refractivity contribution is 0.554. The number of allylic oxidation sites excluding steroid dienone is 3. The largest absolute Gasteiger partial charge is 0.329 e. The van der Waals surface area contributed by atoms with Crippen molar-refractivity contribution in [1.82, 2.24) is 4.90 Å². The maximum atomic E-state index is 4.04. The van der Waals surface area contributed by atoms with Crippen LogP contribution >= 0.6 is 0 Å². The molecule has 1 heteroatoms. The number of hydrogen-bond donors (Lipinski definition) is 0. The predicted molar refractivity (Wildman–Crippen MR) is 57.9 cm³/mol. The van der Waals surface area contributed by atoms with E-state index in [0.29, 0.717) is 5.92 Å². The van der Waals surface area contributed by atoms with Crippen LogP contribution in [0, 0.1) is 5.92 Å². The Bertz CT molecular complexity index is 246. The molecule has 0 bridgehead atoms. The highest BCUT2D eigenvalue weighted by Crippen LogP contribution is 2.19. The molecule has 0 aliphatic carbocycles. The van der Waals surface area contributed by atoms with Gasteiger partial charge in [0, 0.05) is 18.1 Å². The summed E-state index contributed by atoms with van der Waals surface area (Å²) in [7, 11) is 0. The molecule has 0 saturated heterocycles. The average molecular weight is 177 g/mol. The van der Waals surface area contributed by atoms with E-state index in [2.05, 4.69) is 50.7 Å². The van der Waals surface area contributed by atoms with Crippen LogP contribution in [0.3, 0.4) is 0 Å². The van der Waals surface area contributed by atoms with Crippen LogP contribution in [0.5, 0.6) is 0 Å². The molecule has 1 aliphatic rings. The number of rotatable bonds is 2. The third-order valence-corrected chi connectivity index (χ3v) is 2.48. The van der Waals surface area contributed by atoms with Crippen molar-refractivity contribution in [2.24, 2.45) is 5.92 Å². The molecule has 1 nitrogen and oxygen atoms in total. The molecule has 0 radical (unpaired) electrons. The number of hydrogen-bond acceptors (Lipinski definition) is 1. The standard InChI is InChI=1S/C12H19N/c1-10(2)11(3)9-13-8-6-5-7-12(13)4/h6,8-10H,4-5,7H2,1-3H3/b11-9+. The Morgan fingerprint density at radius 2 is 2.31 bits per heavy atom. The lowest BCUT2D eigenvalue weighted by Gasteiger charge is -2.23. The van der Waals surface area contributed by atoms with E-state index in [-0.39, 0.29) is 0 Å². The third-order valence-electron chi connectivity index (χ3n) is 2.48. The molecule has 1 aliphatic heterocycles. The fraction of sp³-hybridized carbons (Fsp3) is 0.500. The van der Waals surface area contributed by atoms with Gasteiger partial charge in [-0.15, -0.1) is 0 Å². The second-order valence-corrected chi connectivity index (χ2v) is 3.92. The zero-order valence-electron chi connectivity index (χ0n) is 8.88. The van der Waals surface area contributed by atoms with Crippen molar-refractivity contribution in [2.45, 2.75) is 33.6 Å². The van der Waals surface area contributed by atoms with Gasteiger partial charge in [-0.3, -0.25) is 0 Å². The zero-order chi connectivity index (χ0) is 9.84. The van der Waals surface area contributed by atoms with Crippen LogP contribution in [-0.4, -0.2) is 4.90 Å². The Kier molecular flexibility index (Phi) is 3.35. The van der Waals surface area contributed by atoms with Crippen LogP contribution in [-0.2, 0) is 0 Å². The van der Waals surface area contributed by atoms with Gasteiger partial charge in [0.25, 0.3) is 0 Å². The van der Waals surface area contributed by atoms with Crippen LogP contribution in [0.25, 0.3) is 0 Å². The Hall–Kier alpha value is -0.980. The first-order chi connectivity index (χ1) is 6.11. The first-order valence-corrected chi connectivity index (χ1v) is 4.92. The van der Waals surface area contributed by atoms with Crippen LogP contribution in [0.4, 0.5) is 0 Å². The van der Waals surface area contributed by atoms with Crippen molar-refractivity contribution >= 4 is 0 Å². The van der Waals surface area contributed by atoms with Gasteiger partial charge in [-0.05, 0) is 25.7 Å². The normalized spacial score (nSPS) is 18.6. The fourth-order valence-electron chi connectivity index (χ4n) is 1.18. The summed E-state index contributed by atoms with van der Waals surface area (Å²) in [6.45, 7) is 10.6. The SMILES string of the molecule is C=C1CCC=CN1/C=C(\C)C(C)C. The number of nitrogens with zero attached hydrogens (tertiary/aromatic N) is 1. The second kappa shape index (κ2) is 4.31. The third kappa shape index (κ3) is 2.76. The lowest BCUT2D eigenvalue weighted by Crippen LogP contribution is -2.12. The van der Waals surface area contributed by atoms with Crippen LogP contribution < -0.4 is 0 Å². The summed E-state index contributed by atoms with van der Waals surface area (Å²) in [6.07, 6.45) is 8.70. The maximum absolute atomic E-state index is 4.04. The van der Waals surface area contributed by atoms with Crippen molar-refractivity contribution in [3.05, 3.63) is 36.3 Å². The van der Waals surface area contributed by atoms with Gasteiger partial charge < -0.3 is 4.90 Å². The van der Waals surface area contributed by atoms with Gasteiger partial charge in [0.1, 0.15) is 0 Å². The van der Waals surface area contributed by atoms with Gasteiger partial charge >= 0.3 is 0 Å². The van der Waals surface area contributed by atoms with E-state index in [1.54, 1.807) is 0 Å². The minimum Gasteiger partial charge on any atom is -0.329 e. The molecule has 0 amide bonds. The molecular formula is C12H19N. The molecule has 0 atom stereocenters. The van der Waals surface area contributed by atoms with E-state index in [9.17, 15) is 0 Å². The van der Waals surface area contributed by atoms with E-state index in [4.69, 9.17) is 0 Å². The van der Waals surface area contributed by atoms with Crippen LogP contribution in [0.2, 0.25) is 0 Å². The van der Waals surface area contributed by atoms with E-state index in [1.807, 2.05) is 0 Å². The van der Waals surface area contributed by atoms with E-state index in [0.717, 1.165) is 12.8 Å². The highest BCUT2D eigenvalue weighted by atomic mass is 15.1. The monoisotopic (exact) mass is 177 g/mol. The minimum absolute atomic E-state index is 0.614. The van der Waals surface area contributed by atoms with Crippen molar-refractivity contribution < 1.29 is 0 Å². The highest BCUT2D eigenvalue weighted by molar-refractivity contribution is 5.14. The average Bonchev–Trinajstić information content (AvgIpc) is 2.08. The predicted octanol–water partition coefficient (Wildman–Crippen LogP) is 3.67. The summed E-state index contributed by atoms with van der Waals surface area (Å²) in [6, 6.07) is 0. The van der Waals surface area contributed by atoms with Crippen molar-refractivity contribution in [2.75, 3.05) is 0 Å². The Morgan fingerprint density at radius 1 is 1.62 bits per heavy atom.